The molecule has 0 spiro atoms. The molecule has 1 aromatic rings. The van der Waals surface area contributed by atoms with Crippen molar-refractivity contribution in [3.05, 3.63) is 22.4 Å². The predicted octanol–water partition coefficient (Wildman–Crippen LogP) is 1.71. The molecule has 1 amide bonds. The Morgan fingerprint density at radius 3 is 3.06 bits per heavy atom. The van der Waals surface area contributed by atoms with Crippen molar-refractivity contribution in [2.75, 3.05) is 19.6 Å². The van der Waals surface area contributed by atoms with E-state index in [1.807, 2.05) is 24.8 Å². The van der Waals surface area contributed by atoms with E-state index in [1.165, 1.54) is 4.88 Å². The monoisotopic (exact) mass is 238 g/mol. The summed E-state index contributed by atoms with van der Waals surface area (Å²) in [6.07, 6.45) is 0. The topological polar surface area (TPSA) is 32.3 Å². The number of nitrogens with zero attached hydrogens (tertiary/aromatic N) is 1. The molecule has 1 aromatic heterocycles. The van der Waals surface area contributed by atoms with Gasteiger partial charge in [0.1, 0.15) is 0 Å². The maximum absolute atomic E-state index is 12.3. The number of rotatable bonds is 2. The molecule has 0 unspecified atom stereocenters. The molecule has 1 aliphatic heterocycles. The summed E-state index contributed by atoms with van der Waals surface area (Å²) in [4.78, 5) is 15.5. The van der Waals surface area contributed by atoms with Gasteiger partial charge in [-0.1, -0.05) is 6.07 Å². The van der Waals surface area contributed by atoms with Gasteiger partial charge in [-0.25, -0.2) is 0 Å². The average molecular weight is 238 g/mol. The van der Waals surface area contributed by atoms with Crippen LogP contribution in [0.15, 0.2) is 17.5 Å². The lowest BCUT2D eigenvalue weighted by Crippen LogP contribution is -2.41. The first-order valence-electron chi connectivity index (χ1n) is 5.62. The van der Waals surface area contributed by atoms with Crippen LogP contribution in [0.5, 0.6) is 0 Å². The first kappa shape index (κ1) is 11.6. The molecule has 2 rings (SSSR count). The number of hydrogen-bond donors (Lipinski definition) is 1. The van der Waals surface area contributed by atoms with Crippen LogP contribution in [0, 0.1) is 5.41 Å². The highest BCUT2D eigenvalue weighted by Gasteiger charge is 2.33. The maximum atomic E-state index is 12.3. The zero-order valence-electron chi connectivity index (χ0n) is 9.82. The Hall–Kier alpha value is -0.870. The van der Waals surface area contributed by atoms with Gasteiger partial charge in [0.15, 0.2) is 0 Å². The molecule has 0 radical (unpaired) electrons. The summed E-state index contributed by atoms with van der Waals surface area (Å²) in [5.74, 6) is 0.255. The van der Waals surface area contributed by atoms with Crippen molar-refractivity contribution in [2.24, 2.45) is 5.41 Å². The van der Waals surface area contributed by atoms with Crippen LogP contribution < -0.4 is 5.32 Å². The van der Waals surface area contributed by atoms with E-state index in [0.717, 1.165) is 26.2 Å². The van der Waals surface area contributed by atoms with Crippen molar-refractivity contribution in [2.45, 2.75) is 20.4 Å². The van der Waals surface area contributed by atoms with Crippen LogP contribution in [0.4, 0.5) is 0 Å². The van der Waals surface area contributed by atoms with Crippen LogP contribution in [-0.4, -0.2) is 30.4 Å². The van der Waals surface area contributed by atoms with E-state index >= 15 is 0 Å². The van der Waals surface area contributed by atoms with Gasteiger partial charge >= 0.3 is 0 Å². The summed E-state index contributed by atoms with van der Waals surface area (Å²) >= 11 is 1.71. The smallest absolute Gasteiger partial charge is 0.229 e. The van der Waals surface area contributed by atoms with E-state index in [9.17, 15) is 4.79 Å². The molecule has 0 aromatic carbocycles. The summed E-state index contributed by atoms with van der Waals surface area (Å²) in [6.45, 7) is 7.24. The minimum Gasteiger partial charge on any atom is -0.336 e. The van der Waals surface area contributed by atoms with E-state index in [-0.39, 0.29) is 11.3 Å². The molecule has 1 saturated heterocycles. The van der Waals surface area contributed by atoms with E-state index in [1.54, 1.807) is 11.3 Å². The molecular formula is C12H18N2OS. The maximum Gasteiger partial charge on any atom is 0.229 e. The van der Waals surface area contributed by atoms with Gasteiger partial charge < -0.3 is 10.2 Å². The standard InChI is InChI=1S/C12H18N2OS/c1-12(2)9-13-5-6-14(11(12)15)8-10-4-3-7-16-10/h3-4,7,13H,5-6,8-9H2,1-2H3. The molecule has 1 aliphatic rings. The number of amides is 1. The highest BCUT2D eigenvalue weighted by Crippen LogP contribution is 2.22. The van der Waals surface area contributed by atoms with Crippen molar-refractivity contribution in [3.8, 4) is 0 Å². The van der Waals surface area contributed by atoms with Crippen molar-refractivity contribution >= 4 is 17.2 Å². The van der Waals surface area contributed by atoms with Crippen molar-refractivity contribution in [3.63, 3.8) is 0 Å². The Bertz CT molecular complexity index is 359. The summed E-state index contributed by atoms with van der Waals surface area (Å²) in [5, 5.41) is 5.37. The third kappa shape index (κ3) is 2.44. The number of thiophene rings is 1. The second-order valence-electron chi connectivity index (χ2n) is 4.87. The quantitative estimate of drug-likeness (QED) is 0.850. The Balaban J connectivity index is 2.10. The third-order valence-corrected chi connectivity index (χ3v) is 3.78. The van der Waals surface area contributed by atoms with Gasteiger partial charge in [0.25, 0.3) is 0 Å². The SMILES string of the molecule is CC1(C)CNCCN(Cc2cccs2)C1=O. The highest BCUT2D eigenvalue weighted by atomic mass is 32.1. The lowest BCUT2D eigenvalue weighted by molar-refractivity contribution is -0.139. The molecule has 2 heterocycles. The summed E-state index contributed by atoms with van der Waals surface area (Å²) < 4.78 is 0. The van der Waals surface area contributed by atoms with Crippen LogP contribution in [0.2, 0.25) is 0 Å². The number of carbonyl (C=O) groups is 1. The zero-order chi connectivity index (χ0) is 11.6. The second kappa shape index (κ2) is 4.55. The van der Waals surface area contributed by atoms with E-state index in [0.29, 0.717) is 0 Å². The molecule has 16 heavy (non-hydrogen) atoms. The summed E-state index contributed by atoms with van der Waals surface area (Å²) in [7, 11) is 0. The summed E-state index contributed by atoms with van der Waals surface area (Å²) in [5.41, 5.74) is -0.284. The highest BCUT2D eigenvalue weighted by molar-refractivity contribution is 7.09. The summed E-state index contributed by atoms with van der Waals surface area (Å²) in [6, 6.07) is 4.12. The molecule has 3 nitrogen and oxygen atoms in total. The molecule has 0 atom stereocenters. The van der Waals surface area contributed by atoms with Gasteiger partial charge in [0.2, 0.25) is 5.91 Å². The number of carbonyl (C=O) groups excluding carboxylic acids is 1. The number of nitrogens with one attached hydrogen (secondary N) is 1. The van der Waals surface area contributed by atoms with Crippen molar-refractivity contribution in [1.29, 1.82) is 0 Å². The van der Waals surface area contributed by atoms with Crippen LogP contribution in [0.1, 0.15) is 18.7 Å². The predicted molar refractivity (Wildman–Crippen MR) is 66.4 cm³/mol. The fourth-order valence-corrected chi connectivity index (χ4v) is 2.68. The molecule has 88 valence electrons. The van der Waals surface area contributed by atoms with Gasteiger partial charge in [-0.15, -0.1) is 11.3 Å². The first-order valence-corrected chi connectivity index (χ1v) is 6.50. The Morgan fingerprint density at radius 2 is 2.38 bits per heavy atom. The van der Waals surface area contributed by atoms with Gasteiger partial charge in [-0.2, -0.15) is 0 Å². The molecule has 0 saturated carbocycles. The van der Waals surface area contributed by atoms with Gasteiger partial charge in [0, 0.05) is 24.5 Å². The lowest BCUT2D eigenvalue weighted by Gasteiger charge is -2.27. The minimum absolute atomic E-state index is 0.255. The minimum atomic E-state index is -0.284. The van der Waals surface area contributed by atoms with Gasteiger partial charge in [-0.3, -0.25) is 4.79 Å². The van der Waals surface area contributed by atoms with Crippen LogP contribution in [-0.2, 0) is 11.3 Å². The van der Waals surface area contributed by atoms with Crippen LogP contribution >= 0.6 is 11.3 Å². The van der Waals surface area contributed by atoms with E-state index < -0.39 is 0 Å². The largest absolute Gasteiger partial charge is 0.336 e. The van der Waals surface area contributed by atoms with Crippen molar-refractivity contribution < 1.29 is 4.79 Å². The Labute approximate surface area is 100 Å². The van der Waals surface area contributed by atoms with Crippen LogP contribution in [0.25, 0.3) is 0 Å². The van der Waals surface area contributed by atoms with E-state index in [4.69, 9.17) is 0 Å². The Kier molecular flexibility index (Phi) is 3.30. The molecule has 1 fully saturated rings. The first-order chi connectivity index (χ1) is 7.59. The Morgan fingerprint density at radius 1 is 1.56 bits per heavy atom. The fraction of sp³-hybridized carbons (Fsp3) is 0.583. The van der Waals surface area contributed by atoms with Gasteiger partial charge in [-0.05, 0) is 25.3 Å². The normalized spacial score (nSPS) is 20.9. The molecule has 4 heteroatoms. The average Bonchev–Trinajstić information content (AvgIpc) is 2.70. The second-order valence-corrected chi connectivity index (χ2v) is 5.90. The molecular weight excluding hydrogens is 220 g/mol. The van der Waals surface area contributed by atoms with Crippen LogP contribution in [0.3, 0.4) is 0 Å². The van der Waals surface area contributed by atoms with Crippen molar-refractivity contribution in [1.82, 2.24) is 10.2 Å². The molecule has 0 aliphatic carbocycles. The van der Waals surface area contributed by atoms with E-state index in [2.05, 4.69) is 16.8 Å². The molecule has 1 N–H and O–H groups in total. The zero-order valence-corrected chi connectivity index (χ0v) is 10.6. The molecule has 0 bridgehead atoms. The third-order valence-electron chi connectivity index (χ3n) is 2.92. The fourth-order valence-electron chi connectivity index (χ4n) is 1.96. The lowest BCUT2D eigenvalue weighted by atomic mass is 9.92. The van der Waals surface area contributed by atoms with Gasteiger partial charge in [0.05, 0.1) is 12.0 Å². The number of hydrogen-bond acceptors (Lipinski definition) is 3.